The van der Waals surface area contributed by atoms with Gasteiger partial charge in [0.1, 0.15) is 10.8 Å². The lowest BCUT2D eigenvalue weighted by Crippen LogP contribution is -1.85. The Labute approximate surface area is 137 Å². The number of nitrogens with zero attached hydrogens (tertiary/aromatic N) is 3. The van der Waals surface area contributed by atoms with Gasteiger partial charge in [-0.2, -0.15) is 5.10 Å². The molecule has 0 radical (unpaired) electrons. The molecule has 4 rings (SSSR count). The van der Waals surface area contributed by atoms with Gasteiger partial charge in [-0.25, -0.2) is 9.50 Å². The van der Waals surface area contributed by atoms with Gasteiger partial charge in [-0.15, -0.1) is 0 Å². The highest BCUT2D eigenvalue weighted by atomic mass is 32.1. The van der Waals surface area contributed by atoms with Gasteiger partial charge in [0.25, 0.3) is 0 Å². The number of anilines is 1. The van der Waals surface area contributed by atoms with Gasteiger partial charge in [0.05, 0.1) is 19.0 Å². The topological polar surface area (TPSA) is 65.4 Å². The molecule has 0 aliphatic carbocycles. The SMILES string of the molecule is COc1ccc(-c2nn3cc(-c4ccc(N)cc4)nc3s2)cc1. The Hall–Kier alpha value is -2.86. The van der Waals surface area contributed by atoms with Crippen LogP contribution in [0.15, 0.2) is 54.7 Å². The van der Waals surface area contributed by atoms with Crippen LogP contribution in [0.5, 0.6) is 5.75 Å². The standard InChI is InChI=1S/C17H14N4OS/c1-22-14-8-4-12(5-9-14)16-20-21-10-15(19-17(21)23-16)11-2-6-13(18)7-3-11/h2-10H,18H2,1H3. The third-order valence-corrected chi connectivity index (χ3v) is 4.56. The van der Waals surface area contributed by atoms with Crippen molar-refractivity contribution in [1.82, 2.24) is 14.6 Å². The fourth-order valence-electron chi connectivity index (χ4n) is 2.34. The van der Waals surface area contributed by atoms with Gasteiger partial charge < -0.3 is 10.5 Å². The summed E-state index contributed by atoms with van der Waals surface area (Å²) in [6.07, 6.45) is 1.93. The number of hydrogen-bond donors (Lipinski definition) is 1. The highest BCUT2D eigenvalue weighted by Crippen LogP contribution is 2.29. The Morgan fingerprint density at radius 3 is 2.35 bits per heavy atom. The molecule has 0 atom stereocenters. The van der Waals surface area contributed by atoms with Crippen molar-refractivity contribution in [3.63, 3.8) is 0 Å². The zero-order chi connectivity index (χ0) is 15.8. The van der Waals surface area contributed by atoms with E-state index in [1.54, 1.807) is 18.4 Å². The number of nitrogen functional groups attached to an aromatic ring is 1. The summed E-state index contributed by atoms with van der Waals surface area (Å²) in [6.45, 7) is 0. The molecule has 23 heavy (non-hydrogen) atoms. The van der Waals surface area contributed by atoms with Crippen molar-refractivity contribution in [1.29, 1.82) is 0 Å². The molecular weight excluding hydrogens is 308 g/mol. The van der Waals surface area contributed by atoms with Crippen molar-refractivity contribution in [2.45, 2.75) is 0 Å². The van der Waals surface area contributed by atoms with Crippen molar-refractivity contribution in [2.75, 3.05) is 12.8 Å². The van der Waals surface area contributed by atoms with Crippen molar-refractivity contribution in [3.05, 3.63) is 54.7 Å². The number of fused-ring (bicyclic) bond motifs is 1. The van der Waals surface area contributed by atoms with Crippen LogP contribution in [0.2, 0.25) is 0 Å². The predicted molar refractivity (Wildman–Crippen MR) is 92.7 cm³/mol. The Balaban J connectivity index is 1.69. The maximum atomic E-state index is 5.72. The summed E-state index contributed by atoms with van der Waals surface area (Å²) in [4.78, 5) is 5.51. The number of ether oxygens (including phenoxy) is 1. The summed E-state index contributed by atoms with van der Waals surface area (Å²) in [6, 6.07) is 15.5. The van der Waals surface area contributed by atoms with E-state index in [4.69, 9.17) is 10.5 Å². The summed E-state index contributed by atoms with van der Waals surface area (Å²) < 4.78 is 6.99. The minimum absolute atomic E-state index is 0.745. The number of hydrogen-bond acceptors (Lipinski definition) is 5. The number of methoxy groups -OCH3 is 1. The Morgan fingerprint density at radius 2 is 1.70 bits per heavy atom. The van der Waals surface area contributed by atoms with Gasteiger partial charge >= 0.3 is 0 Å². The van der Waals surface area contributed by atoms with E-state index in [-0.39, 0.29) is 0 Å². The second kappa shape index (κ2) is 5.40. The molecule has 0 aliphatic heterocycles. The number of rotatable bonds is 3. The lowest BCUT2D eigenvalue weighted by molar-refractivity contribution is 0.415. The molecule has 114 valence electrons. The Morgan fingerprint density at radius 1 is 1.00 bits per heavy atom. The molecule has 0 spiro atoms. The quantitative estimate of drug-likeness (QED) is 0.584. The van der Waals surface area contributed by atoms with E-state index in [1.807, 2.05) is 59.2 Å². The summed E-state index contributed by atoms with van der Waals surface area (Å²) in [7, 11) is 1.66. The molecule has 0 fully saturated rings. The van der Waals surface area contributed by atoms with Crippen LogP contribution in [-0.4, -0.2) is 21.7 Å². The number of benzene rings is 2. The molecular formula is C17H14N4OS. The molecule has 2 aromatic heterocycles. The molecule has 0 amide bonds. The molecule has 4 aromatic rings. The van der Waals surface area contributed by atoms with Crippen molar-refractivity contribution >= 4 is 22.0 Å². The normalized spacial score (nSPS) is 11.0. The summed E-state index contributed by atoms with van der Waals surface area (Å²) >= 11 is 1.56. The summed E-state index contributed by atoms with van der Waals surface area (Å²) in [5.41, 5.74) is 9.44. The van der Waals surface area contributed by atoms with Crippen molar-refractivity contribution in [3.8, 4) is 27.6 Å². The molecule has 0 unspecified atom stereocenters. The fraction of sp³-hybridized carbons (Fsp3) is 0.0588. The Kier molecular flexibility index (Phi) is 3.24. The third kappa shape index (κ3) is 2.53. The average Bonchev–Trinajstić information content (AvgIpc) is 3.14. The van der Waals surface area contributed by atoms with Gasteiger partial charge in [0.2, 0.25) is 4.96 Å². The predicted octanol–water partition coefficient (Wildman–Crippen LogP) is 3.72. The third-order valence-electron chi connectivity index (χ3n) is 3.59. The van der Waals surface area contributed by atoms with Crippen LogP contribution < -0.4 is 10.5 Å². The summed E-state index contributed by atoms with van der Waals surface area (Å²) in [5.74, 6) is 0.834. The van der Waals surface area contributed by atoms with Crippen LogP contribution in [0.3, 0.4) is 0 Å². The van der Waals surface area contributed by atoms with E-state index in [9.17, 15) is 0 Å². The van der Waals surface area contributed by atoms with E-state index in [0.29, 0.717) is 0 Å². The van der Waals surface area contributed by atoms with Gasteiger partial charge in [-0.1, -0.05) is 23.5 Å². The largest absolute Gasteiger partial charge is 0.497 e. The van der Waals surface area contributed by atoms with Gasteiger partial charge in [0, 0.05) is 16.8 Å². The first-order valence-electron chi connectivity index (χ1n) is 7.09. The fourth-order valence-corrected chi connectivity index (χ4v) is 3.23. The molecule has 2 N–H and O–H groups in total. The smallest absolute Gasteiger partial charge is 0.213 e. The molecule has 2 aromatic carbocycles. The molecule has 5 nitrogen and oxygen atoms in total. The number of aromatic nitrogens is 3. The van der Waals surface area contributed by atoms with Gasteiger partial charge in [0.15, 0.2) is 0 Å². The van der Waals surface area contributed by atoms with Crippen LogP contribution in [0.25, 0.3) is 26.8 Å². The molecule has 2 heterocycles. The molecule has 0 saturated carbocycles. The highest BCUT2D eigenvalue weighted by molar-refractivity contribution is 7.19. The molecule has 0 saturated heterocycles. The molecule has 0 aliphatic rings. The zero-order valence-electron chi connectivity index (χ0n) is 12.4. The maximum absolute atomic E-state index is 5.72. The lowest BCUT2D eigenvalue weighted by atomic mass is 10.1. The van der Waals surface area contributed by atoms with Crippen LogP contribution in [0, 0.1) is 0 Å². The van der Waals surface area contributed by atoms with Gasteiger partial charge in [-0.3, -0.25) is 0 Å². The van der Waals surface area contributed by atoms with E-state index < -0.39 is 0 Å². The number of imidazole rings is 1. The van der Waals surface area contributed by atoms with Crippen LogP contribution in [0.1, 0.15) is 0 Å². The lowest BCUT2D eigenvalue weighted by Gasteiger charge is -1.99. The maximum Gasteiger partial charge on any atom is 0.213 e. The second-order valence-electron chi connectivity index (χ2n) is 5.11. The summed E-state index contributed by atoms with van der Waals surface area (Å²) in [5, 5.41) is 5.54. The molecule has 0 bridgehead atoms. The van der Waals surface area contributed by atoms with Gasteiger partial charge in [-0.05, 0) is 36.4 Å². The Bertz CT molecular complexity index is 923. The van der Waals surface area contributed by atoms with E-state index in [1.165, 1.54) is 0 Å². The van der Waals surface area contributed by atoms with Crippen molar-refractivity contribution < 1.29 is 4.74 Å². The second-order valence-corrected chi connectivity index (χ2v) is 6.07. The minimum Gasteiger partial charge on any atom is -0.497 e. The van der Waals surface area contributed by atoms with E-state index in [0.717, 1.165) is 38.2 Å². The van der Waals surface area contributed by atoms with Crippen LogP contribution >= 0.6 is 11.3 Å². The first kappa shape index (κ1) is 13.8. The highest BCUT2D eigenvalue weighted by Gasteiger charge is 2.11. The van der Waals surface area contributed by atoms with Crippen LogP contribution in [0.4, 0.5) is 5.69 Å². The first-order valence-corrected chi connectivity index (χ1v) is 7.91. The van der Waals surface area contributed by atoms with Crippen molar-refractivity contribution in [2.24, 2.45) is 0 Å². The monoisotopic (exact) mass is 322 g/mol. The van der Waals surface area contributed by atoms with Crippen LogP contribution in [-0.2, 0) is 0 Å². The zero-order valence-corrected chi connectivity index (χ0v) is 13.2. The van der Waals surface area contributed by atoms with E-state index >= 15 is 0 Å². The number of nitrogens with two attached hydrogens (primary N) is 1. The first-order chi connectivity index (χ1) is 11.2. The average molecular weight is 322 g/mol. The van der Waals surface area contributed by atoms with E-state index in [2.05, 4.69) is 10.1 Å². The minimum atomic E-state index is 0.745. The molecule has 6 heteroatoms.